The molecule has 19 heavy (non-hydrogen) atoms. The summed E-state index contributed by atoms with van der Waals surface area (Å²) in [5.74, 6) is 2.62. The number of pyridine rings is 1. The molecule has 0 radical (unpaired) electrons. The zero-order chi connectivity index (χ0) is 13.5. The average molecular weight is 260 g/mol. The summed E-state index contributed by atoms with van der Waals surface area (Å²) >= 11 is 0. The molecule has 0 fully saturated rings. The van der Waals surface area contributed by atoms with Gasteiger partial charge in [-0.15, -0.1) is 0 Å². The molecule has 2 rings (SSSR count). The van der Waals surface area contributed by atoms with E-state index in [0.29, 0.717) is 12.6 Å². The molecule has 4 nitrogen and oxygen atoms in total. The molecule has 1 atom stereocenters. The zero-order valence-corrected chi connectivity index (χ0v) is 11.4. The number of aromatic nitrogens is 1. The molecule has 1 N–H and O–H groups in total. The molecule has 0 spiro atoms. The van der Waals surface area contributed by atoms with Gasteiger partial charge in [-0.3, -0.25) is 0 Å². The first-order valence-corrected chi connectivity index (χ1v) is 6.66. The van der Waals surface area contributed by atoms with Crippen LogP contribution in [0.4, 0.5) is 5.82 Å². The van der Waals surface area contributed by atoms with Gasteiger partial charge in [0.05, 0.1) is 12.9 Å². The maximum Gasteiger partial charge on any atom is 0.168 e. The van der Waals surface area contributed by atoms with Crippen LogP contribution in [-0.2, 0) is 6.42 Å². The summed E-state index contributed by atoms with van der Waals surface area (Å²) in [6.45, 7) is 4.74. The van der Waals surface area contributed by atoms with Crippen LogP contribution in [0.5, 0.6) is 5.75 Å². The van der Waals surface area contributed by atoms with Crippen LogP contribution in [0.15, 0.2) is 41.1 Å². The van der Waals surface area contributed by atoms with Crippen LogP contribution in [0.25, 0.3) is 0 Å². The van der Waals surface area contributed by atoms with Crippen LogP contribution in [0.1, 0.15) is 26.0 Å². The van der Waals surface area contributed by atoms with Gasteiger partial charge in [0.15, 0.2) is 11.6 Å². The SMILES string of the molecule is CCOc1cccnc1NC(C)CCc1ccco1. The van der Waals surface area contributed by atoms with Crippen molar-refractivity contribution in [3.8, 4) is 5.75 Å². The number of hydrogen-bond acceptors (Lipinski definition) is 4. The molecule has 0 aliphatic carbocycles. The lowest BCUT2D eigenvalue weighted by molar-refractivity contribution is 0.340. The van der Waals surface area contributed by atoms with Gasteiger partial charge >= 0.3 is 0 Å². The lowest BCUT2D eigenvalue weighted by Gasteiger charge is -2.16. The predicted octanol–water partition coefficient (Wildman–Crippen LogP) is 3.51. The normalized spacial score (nSPS) is 12.1. The Morgan fingerprint density at radius 1 is 1.37 bits per heavy atom. The molecular formula is C15H20N2O2. The lowest BCUT2D eigenvalue weighted by Crippen LogP contribution is -2.17. The minimum absolute atomic E-state index is 0.305. The van der Waals surface area contributed by atoms with E-state index in [2.05, 4.69) is 17.2 Å². The van der Waals surface area contributed by atoms with Crippen LogP contribution < -0.4 is 10.1 Å². The standard InChI is InChI=1S/C15H20N2O2/c1-3-18-14-7-4-10-16-15(14)17-12(2)8-9-13-6-5-11-19-13/h4-7,10-12H,3,8-9H2,1-2H3,(H,16,17). The number of anilines is 1. The number of ether oxygens (including phenoxy) is 1. The Morgan fingerprint density at radius 2 is 2.26 bits per heavy atom. The number of aryl methyl sites for hydroxylation is 1. The van der Waals surface area contributed by atoms with Crippen molar-refractivity contribution in [3.63, 3.8) is 0 Å². The smallest absolute Gasteiger partial charge is 0.168 e. The van der Waals surface area contributed by atoms with Gasteiger partial charge in [-0.05, 0) is 44.5 Å². The molecule has 102 valence electrons. The van der Waals surface area contributed by atoms with Gasteiger partial charge in [-0.2, -0.15) is 0 Å². The average Bonchev–Trinajstić information content (AvgIpc) is 2.92. The minimum atomic E-state index is 0.305. The van der Waals surface area contributed by atoms with E-state index in [-0.39, 0.29) is 0 Å². The Bertz CT molecular complexity index is 483. The molecular weight excluding hydrogens is 240 g/mol. The highest BCUT2D eigenvalue weighted by atomic mass is 16.5. The second-order valence-electron chi connectivity index (χ2n) is 4.45. The Morgan fingerprint density at radius 3 is 3.00 bits per heavy atom. The van der Waals surface area contributed by atoms with Crippen molar-refractivity contribution in [2.75, 3.05) is 11.9 Å². The monoisotopic (exact) mass is 260 g/mol. The Labute approximate surface area is 113 Å². The molecule has 4 heteroatoms. The third-order valence-electron chi connectivity index (χ3n) is 2.86. The van der Waals surface area contributed by atoms with Crippen molar-refractivity contribution in [2.45, 2.75) is 32.7 Å². The summed E-state index contributed by atoms with van der Waals surface area (Å²) in [5, 5.41) is 3.38. The first kappa shape index (κ1) is 13.5. The van der Waals surface area contributed by atoms with Crippen molar-refractivity contribution >= 4 is 5.82 Å². The molecule has 0 aliphatic heterocycles. The third kappa shape index (κ3) is 4.02. The molecule has 2 aromatic rings. The largest absolute Gasteiger partial charge is 0.490 e. The highest BCUT2D eigenvalue weighted by Gasteiger charge is 2.09. The summed E-state index contributed by atoms with van der Waals surface area (Å²) in [6.07, 6.45) is 5.37. The second kappa shape index (κ2) is 6.83. The Hall–Kier alpha value is -1.97. The quantitative estimate of drug-likeness (QED) is 0.827. The maximum absolute atomic E-state index is 5.54. The summed E-state index contributed by atoms with van der Waals surface area (Å²) in [6, 6.07) is 8.03. The van der Waals surface area contributed by atoms with Gasteiger partial charge in [0.25, 0.3) is 0 Å². The van der Waals surface area contributed by atoms with E-state index in [1.807, 2.05) is 31.2 Å². The predicted molar refractivity (Wildman–Crippen MR) is 75.5 cm³/mol. The fourth-order valence-corrected chi connectivity index (χ4v) is 1.89. The fraction of sp³-hybridized carbons (Fsp3) is 0.400. The molecule has 2 heterocycles. The van der Waals surface area contributed by atoms with Crippen molar-refractivity contribution in [2.24, 2.45) is 0 Å². The van der Waals surface area contributed by atoms with Crippen LogP contribution >= 0.6 is 0 Å². The highest BCUT2D eigenvalue weighted by molar-refractivity contribution is 5.49. The van der Waals surface area contributed by atoms with E-state index in [0.717, 1.165) is 30.2 Å². The molecule has 0 aliphatic rings. The molecule has 0 aromatic carbocycles. The topological polar surface area (TPSA) is 47.3 Å². The number of nitrogens with one attached hydrogen (secondary N) is 1. The molecule has 0 saturated heterocycles. The van der Waals surface area contributed by atoms with Crippen LogP contribution in [0.2, 0.25) is 0 Å². The molecule has 0 bridgehead atoms. The number of hydrogen-bond donors (Lipinski definition) is 1. The van der Waals surface area contributed by atoms with Crippen molar-refractivity contribution < 1.29 is 9.15 Å². The van der Waals surface area contributed by atoms with E-state index < -0.39 is 0 Å². The van der Waals surface area contributed by atoms with Crippen LogP contribution in [0.3, 0.4) is 0 Å². The van der Waals surface area contributed by atoms with Gasteiger partial charge in [-0.1, -0.05) is 0 Å². The van der Waals surface area contributed by atoms with E-state index in [4.69, 9.17) is 9.15 Å². The van der Waals surface area contributed by atoms with Gasteiger partial charge in [0.2, 0.25) is 0 Å². The first-order chi connectivity index (χ1) is 9.29. The van der Waals surface area contributed by atoms with Gasteiger partial charge < -0.3 is 14.5 Å². The van der Waals surface area contributed by atoms with Crippen molar-refractivity contribution in [1.29, 1.82) is 0 Å². The van der Waals surface area contributed by atoms with Gasteiger partial charge in [-0.25, -0.2) is 4.98 Å². The third-order valence-corrected chi connectivity index (χ3v) is 2.86. The molecule has 0 saturated carbocycles. The molecule has 0 amide bonds. The summed E-state index contributed by atoms with van der Waals surface area (Å²) < 4.78 is 10.9. The van der Waals surface area contributed by atoms with Crippen molar-refractivity contribution in [1.82, 2.24) is 4.98 Å². The van der Waals surface area contributed by atoms with Crippen LogP contribution in [-0.4, -0.2) is 17.6 Å². The number of nitrogens with zero attached hydrogens (tertiary/aromatic N) is 1. The fourth-order valence-electron chi connectivity index (χ4n) is 1.89. The minimum Gasteiger partial charge on any atom is -0.490 e. The lowest BCUT2D eigenvalue weighted by atomic mass is 10.1. The summed E-state index contributed by atoms with van der Waals surface area (Å²) in [4.78, 5) is 4.32. The first-order valence-electron chi connectivity index (χ1n) is 6.66. The van der Waals surface area contributed by atoms with Crippen LogP contribution in [0, 0.1) is 0 Å². The van der Waals surface area contributed by atoms with E-state index >= 15 is 0 Å². The van der Waals surface area contributed by atoms with E-state index in [1.54, 1.807) is 12.5 Å². The van der Waals surface area contributed by atoms with Crippen molar-refractivity contribution in [3.05, 3.63) is 42.5 Å². The summed E-state index contributed by atoms with van der Waals surface area (Å²) in [5.41, 5.74) is 0. The molecule has 2 aromatic heterocycles. The van der Waals surface area contributed by atoms with Gasteiger partial charge in [0.1, 0.15) is 5.76 Å². The van der Waals surface area contributed by atoms with Gasteiger partial charge in [0, 0.05) is 18.7 Å². The summed E-state index contributed by atoms with van der Waals surface area (Å²) in [7, 11) is 0. The Kier molecular flexibility index (Phi) is 4.84. The zero-order valence-electron chi connectivity index (χ0n) is 11.4. The van der Waals surface area contributed by atoms with E-state index in [1.165, 1.54) is 0 Å². The van der Waals surface area contributed by atoms with E-state index in [9.17, 15) is 0 Å². The number of furan rings is 1. The Balaban J connectivity index is 1.89. The maximum atomic E-state index is 5.54. The second-order valence-corrected chi connectivity index (χ2v) is 4.45. The highest BCUT2D eigenvalue weighted by Crippen LogP contribution is 2.22. The molecule has 1 unspecified atom stereocenters. The number of rotatable bonds is 7.